The Labute approximate surface area is 92.5 Å². The van der Waals surface area contributed by atoms with Crippen LogP contribution in [0.25, 0.3) is 12.2 Å². The number of carbonyl (C=O) groups excluding carboxylic acids is 1. The lowest BCUT2D eigenvalue weighted by Gasteiger charge is -2.04. The Morgan fingerprint density at radius 2 is 2.27 bits per heavy atom. The lowest BCUT2D eigenvalue weighted by molar-refractivity contribution is -0.113. The molecule has 1 aromatic heterocycles. The van der Waals surface area contributed by atoms with Gasteiger partial charge in [-0.05, 0) is 24.1 Å². The highest BCUT2D eigenvalue weighted by atomic mass is 35.5. The monoisotopic (exact) mass is 222 g/mol. The molecule has 3 nitrogen and oxygen atoms in total. The zero-order valence-corrected chi connectivity index (χ0v) is 8.92. The molecule has 1 heterocycles. The van der Waals surface area contributed by atoms with E-state index >= 15 is 0 Å². The molecule has 0 atom stereocenters. The van der Waals surface area contributed by atoms with Gasteiger partial charge in [-0.1, -0.05) is 12.2 Å². The molecular weight excluding hydrogens is 212 g/mol. The number of nitrogens with zero attached hydrogens (tertiary/aromatic N) is 1. The Bertz CT molecular complexity index is 496. The van der Waals surface area contributed by atoms with Crippen LogP contribution < -0.4 is 15.9 Å². The van der Waals surface area contributed by atoms with E-state index in [0.717, 1.165) is 23.4 Å². The van der Waals surface area contributed by atoms with E-state index in [4.69, 9.17) is 11.6 Å². The van der Waals surface area contributed by atoms with E-state index in [-0.39, 0.29) is 11.8 Å². The minimum Gasteiger partial charge on any atom is -0.324 e. The molecule has 1 aliphatic carbocycles. The number of amides is 1. The molecule has 0 radical (unpaired) electrons. The van der Waals surface area contributed by atoms with Crippen molar-refractivity contribution in [3.05, 3.63) is 22.8 Å². The van der Waals surface area contributed by atoms with E-state index in [1.54, 1.807) is 6.20 Å². The van der Waals surface area contributed by atoms with Gasteiger partial charge in [0.1, 0.15) is 5.88 Å². The summed E-state index contributed by atoms with van der Waals surface area (Å²) >= 11 is 5.40. The third-order valence-electron chi connectivity index (χ3n) is 2.22. The fourth-order valence-corrected chi connectivity index (χ4v) is 1.61. The summed E-state index contributed by atoms with van der Waals surface area (Å²) in [6.45, 7) is 0. The number of nitrogens with one attached hydrogen (secondary N) is 1. The summed E-state index contributed by atoms with van der Waals surface area (Å²) < 4.78 is 0. The van der Waals surface area contributed by atoms with Crippen LogP contribution in [0.5, 0.6) is 0 Å². The quantitative estimate of drug-likeness (QED) is 0.746. The van der Waals surface area contributed by atoms with Crippen LogP contribution in [-0.2, 0) is 4.79 Å². The number of aromatic nitrogens is 1. The summed E-state index contributed by atoms with van der Waals surface area (Å²) in [5, 5.41) is 4.74. The Balaban J connectivity index is 2.33. The third kappa shape index (κ3) is 2.36. The lowest BCUT2D eigenvalue weighted by Crippen LogP contribution is -2.30. The fourth-order valence-electron chi connectivity index (χ4n) is 1.55. The summed E-state index contributed by atoms with van der Waals surface area (Å²) in [5.74, 6) is -0.245. The second-order valence-electron chi connectivity index (χ2n) is 3.37. The maximum absolute atomic E-state index is 11.1. The average Bonchev–Trinajstić information content (AvgIpc) is 2.29. The van der Waals surface area contributed by atoms with Crippen LogP contribution in [0, 0.1) is 0 Å². The molecule has 1 aromatic rings. The summed E-state index contributed by atoms with van der Waals surface area (Å²) in [5.41, 5.74) is 0.700. The van der Waals surface area contributed by atoms with Gasteiger partial charge in [0.15, 0.2) is 0 Å². The van der Waals surface area contributed by atoms with Crippen molar-refractivity contribution in [3.63, 3.8) is 0 Å². The van der Waals surface area contributed by atoms with E-state index in [9.17, 15) is 4.79 Å². The first-order valence-electron chi connectivity index (χ1n) is 4.82. The summed E-state index contributed by atoms with van der Waals surface area (Å²) in [6, 6.07) is 1.92. The van der Waals surface area contributed by atoms with Crippen molar-refractivity contribution in [2.24, 2.45) is 0 Å². The van der Waals surface area contributed by atoms with Gasteiger partial charge in [0.25, 0.3) is 0 Å². The molecule has 15 heavy (non-hydrogen) atoms. The van der Waals surface area contributed by atoms with Crippen molar-refractivity contribution < 1.29 is 4.79 Å². The van der Waals surface area contributed by atoms with Crippen LogP contribution in [0.4, 0.5) is 5.69 Å². The first-order valence-corrected chi connectivity index (χ1v) is 5.35. The number of anilines is 1. The van der Waals surface area contributed by atoms with E-state index in [1.807, 2.05) is 6.07 Å². The fraction of sp³-hybridized carbons (Fsp3) is 0.273. The van der Waals surface area contributed by atoms with Crippen molar-refractivity contribution in [2.45, 2.75) is 12.8 Å². The van der Waals surface area contributed by atoms with Crippen molar-refractivity contribution in [1.29, 1.82) is 0 Å². The van der Waals surface area contributed by atoms with Crippen LogP contribution in [0.3, 0.4) is 0 Å². The van der Waals surface area contributed by atoms with E-state index in [0.29, 0.717) is 5.69 Å². The highest BCUT2D eigenvalue weighted by Gasteiger charge is 2.01. The van der Waals surface area contributed by atoms with Crippen LogP contribution in [0.2, 0.25) is 0 Å². The largest absolute Gasteiger partial charge is 0.324 e. The highest BCUT2D eigenvalue weighted by molar-refractivity contribution is 6.29. The molecule has 0 fully saturated rings. The van der Waals surface area contributed by atoms with Gasteiger partial charge in [-0.3, -0.25) is 9.78 Å². The number of carbonyl (C=O) groups is 1. The molecule has 78 valence electrons. The molecular formula is C11H11ClN2O. The molecule has 1 aliphatic rings. The van der Waals surface area contributed by atoms with Crippen molar-refractivity contribution in [1.82, 2.24) is 4.98 Å². The highest BCUT2D eigenvalue weighted by Crippen LogP contribution is 2.01. The average molecular weight is 223 g/mol. The van der Waals surface area contributed by atoms with Crippen LogP contribution in [0.15, 0.2) is 12.3 Å². The van der Waals surface area contributed by atoms with Crippen molar-refractivity contribution >= 4 is 35.3 Å². The third-order valence-corrected chi connectivity index (χ3v) is 2.47. The molecule has 0 aliphatic heterocycles. The van der Waals surface area contributed by atoms with Crippen LogP contribution in [0.1, 0.15) is 12.8 Å². The molecule has 0 spiro atoms. The van der Waals surface area contributed by atoms with E-state index in [2.05, 4.69) is 22.5 Å². The topological polar surface area (TPSA) is 42.0 Å². The first-order chi connectivity index (χ1) is 7.29. The second kappa shape index (κ2) is 4.45. The number of hydrogen-bond donors (Lipinski definition) is 1. The van der Waals surface area contributed by atoms with Gasteiger partial charge in [-0.25, -0.2) is 0 Å². The Kier molecular flexibility index (Phi) is 3.02. The van der Waals surface area contributed by atoms with E-state index < -0.39 is 0 Å². The zero-order chi connectivity index (χ0) is 10.7. The van der Waals surface area contributed by atoms with Gasteiger partial charge < -0.3 is 5.32 Å². The Morgan fingerprint density at radius 1 is 1.47 bits per heavy atom. The minimum atomic E-state index is -0.210. The SMILES string of the molecule is O=C(CCl)Nc1cnc2c(c1)=CCCC=2. The number of alkyl halides is 1. The maximum Gasteiger partial charge on any atom is 0.239 e. The van der Waals surface area contributed by atoms with Gasteiger partial charge >= 0.3 is 0 Å². The predicted molar refractivity (Wildman–Crippen MR) is 61.0 cm³/mol. The molecule has 0 bridgehead atoms. The Hall–Kier alpha value is -1.35. The molecule has 1 amide bonds. The normalized spacial score (nSPS) is 13.4. The van der Waals surface area contributed by atoms with Crippen LogP contribution >= 0.6 is 11.6 Å². The molecule has 0 aromatic carbocycles. The number of pyridine rings is 1. The predicted octanol–water partition coefficient (Wildman–Crippen LogP) is 0.614. The molecule has 0 saturated heterocycles. The number of halogens is 1. The number of rotatable bonds is 2. The second-order valence-corrected chi connectivity index (χ2v) is 3.63. The van der Waals surface area contributed by atoms with Gasteiger partial charge in [-0.2, -0.15) is 0 Å². The van der Waals surface area contributed by atoms with Gasteiger partial charge in [0, 0.05) is 0 Å². The molecule has 0 saturated carbocycles. The van der Waals surface area contributed by atoms with Gasteiger partial charge in [0.05, 0.1) is 17.2 Å². The zero-order valence-electron chi connectivity index (χ0n) is 8.16. The maximum atomic E-state index is 11.1. The van der Waals surface area contributed by atoms with Gasteiger partial charge in [0.2, 0.25) is 5.91 Å². The number of fused-ring (bicyclic) bond motifs is 1. The molecule has 0 unspecified atom stereocenters. The molecule has 1 N–H and O–H groups in total. The van der Waals surface area contributed by atoms with E-state index in [1.165, 1.54) is 0 Å². The Morgan fingerprint density at radius 3 is 3.07 bits per heavy atom. The summed E-state index contributed by atoms with van der Waals surface area (Å²) in [6.07, 6.45) is 7.94. The lowest BCUT2D eigenvalue weighted by atomic mass is 10.1. The van der Waals surface area contributed by atoms with Crippen molar-refractivity contribution in [2.75, 3.05) is 11.2 Å². The standard InChI is InChI=1S/C11H11ClN2O/c12-6-11(15)14-9-5-8-3-1-2-4-10(8)13-7-9/h3-5,7H,1-2,6H2,(H,14,15). The summed E-state index contributed by atoms with van der Waals surface area (Å²) in [7, 11) is 0. The smallest absolute Gasteiger partial charge is 0.239 e. The molecule has 4 heteroatoms. The van der Waals surface area contributed by atoms with Crippen LogP contribution in [-0.4, -0.2) is 16.8 Å². The first kappa shape index (κ1) is 10.2. The van der Waals surface area contributed by atoms with Gasteiger partial charge in [-0.15, -0.1) is 11.6 Å². The summed E-state index contributed by atoms with van der Waals surface area (Å²) in [4.78, 5) is 15.3. The molecule has 2 rings (SSSR count). The number of hydrogen-bond acceptors (Lipinski definition) is 2. The van der Waals surface area contributed by atoms with Crippen molar-refractivity contribution in [3.8, 4) is 0 Å². The minimum absolute atomic E-state index is 0.0348.